The number of carboxylic acid groups (broad SMARTS) is 1. The lowest BCUT2D eigenvalue weighted by Gasteiger charge is -2.05. The van der Waals surface area contributed by atoms with Gasteiger partial charge in [-0.1, -0.05) is 183 Å². The van der Waals surface area contributed by atoms with Crippen LogP contribution in [0.4, 0.5) is 8.78 Å². The smallest absolute Gasteiger partial charge is 0.305 e. The second-order valence-corrected chi connectivity index (χ2v) is 20.6. The lowest BCUT2D eigenvalue weighted by Crippen LogP contribution is -2.07. The molecule has 0 saturated carbocycles. The second kappa shape index (κ2) is 63.5. The molecule has 1 aromatic rings. The van der Waals surface area contributed by atoms with Gasteiger partial charge >= 0.3 is 17.9 Å². The minimum Gasteiger partial charge on any atom is -0.481 e. The molecule has 0 saturated heterocycles. The average Bonchev–Trinajstić information content (AvgIpc) is 3.46. The summed E-state index contributed by atoms with van der Waals surface area (Å²) in [4.78, 5) is 32.4. The summed E-state index contributed by atoms with van der Waals surface area (Å²) in [7, 11) is -0.809. The summed E-state index contributed by atoms with van der Waals surface area (Å²) in [5.74, 6) is -1.01. The van der Waals surface area contributed by atoms with E-state index < -0.39 is 16.1 Å². The summed E-state index contributed by atoms with van der Waals surface area (Å²) >= 11 is 0. The number of halogens is 2. The second-order valence-electron chi connectivity index (χ2n) is 19.0. The molecule has 0 radical (unpaired) electrons. The zero-order valence-corrected chi connectivity index (χ0v) is 50.7. The Labute approximate surface area is 490 Å². The van der Waals surface area contributed by atoms with Crippen LogP contribution in [-0.4, -0.2) is 65.6 Å². The number of methoxy groups -OCH3 is 2. The third-order valence-corrected chi connectivity index (χ3v) is 13.1. The van der Waals surface area contributed by atoms with Gasteiger partial charge in [-0.2, -0.15) is 8.42 Å². The number of allylic oxidation sites excluding steroid dienone is 24. The molecule has 0 aromatic heterocycles. The van der Waals surface area contributed by atoms with Gasteiger partial charge in [0.05, 0.1) is 39.1 Å². The number of ether oxygens (including phenoxy) is 2. The highest BCUT2D eigenvalue weighted by atomic mass is 32.2. The van der Waals surface area contributed by atoms with Crippen LogP contribution in [0.5, 0.6) is 0 Å². The fraction of sp³-hybridized carbons (Fsp3) is 0.522. The molecule has 0 bridgehead atoms. The maximum absolute atomic E-state index is 12.1. The number of benzene rings is 1. The number of esters is 2. The summed E-state index contributed by atoms with van der Waals surface area (Å²) < 4.78 is 62.2. The predicted molar refractivity (Wildman–Crippen MR) is 336 cm³/mol. The van der Waals surface area contributed by atoms with Gasteiger partial charge in [0.15, 0.2) is 0 Å². The Morgan fingerprint density at radius 3 is 0.951 bits per heavy atom. The van der Waals surface area contributed by atoms with Crippen molar-refractivity contribution in [2.75, 3.05) is 34.2 Å². The van der Waals surface area contributed by atoms with Crippen molar-refractivity contribution in [3.8, 4) is 0 Å². The average molecular weight is 1150 g/mol. The molecule has 1 rings (SSSR count). The number of hydrogen-bond donors (Lipinski definition) is 1. The molecule has 0 aliphatic rings. The lowest BCUT2D eigenvalue weighted by molar-refractivity contribution is -0.141. The van der Waals surface area contributed by atoms with Crippen molar-refractivity contribution < 1.29 is 50.3 Å². The van der Waals surface area contributed by atoms with Crippen molar-refractivity contribution in [3.05, 3.63) is 176 Å². The number of carbonyl (C=O) groups is 3. The molecule has 0 aliphatic carbocycles. The molecule has 1 N–H and O–H groups in total. The van der Waals surface area contributed by atoms with Crippen molar-refractivity contribution in [1.29, 1.82) is 0 Å². The first-order valence-electron chi connectivity index (χ1n) is 29.8. The van der Waals surface area contributed by atoms with Gasteiger partial charge in [0.25, 0.3) is 10.1 Å². The summed E-state index contributed by atoms with van der Waals surface area (Å²) in [6.45, 7) is 1.76. The zero-order chi connectivity index (χ0) is 59.6. The topological polar surface area (TPSA) is 133 Å². The number of unbranched alkanes of at least 4 members (excludes halogenated alkanes) is 12. The zero-order valence-electron chi connectivity index (χ0n) is 49.9. The normalized spacial score (nSPS) is 12.4. The molecular weight excluding hydrogens is 1040 g/mol. The van der Waals surface area contributed by atoms with Gasteiger partial charge in [-0.05, 0) is 173 Å². The van der Waals surface area contributed by atoms with Crippen LogP contribution >= 0.6 is 0 Å². The lowest BCUT2D eigenvalue weighted by atomic mass is 10.2. The van der Waals surface area contributed by atoms with Gasteiger partial charge in [-0.25, -0.2) is 0 Å². The van der Waals surface area contributed by atoms with Gasteiger partial charge in [-0.3, -0.25) is 27.3 Å². The fourth-order valence-corrected chi connectivity index (χ4v) is 7.94. The molecule has 12 heteroatoms. The first-order chi connectivity index (χ1) is 39.5. The van der Waals surface area contributed by atoms with Crippen LogP contribution in [0.15, 0.2) is 175 Å². The first kappa shape index (κ1) is 77.3. The Morgan fingerprint density at radius 2 is 0.667 bits per heavy atom. The number of alkyl halides is 2. The fourth-order valence-electron chi connectivity index (χ4n) is 7.00. The van der Waals surface area contributed by atoms with E-state index in [1.807, 2.05) is 13.0 Å². The molecule has 0 unspecified atom stereocenters. The van der Waals surface area contributed by atoms with Crippen LogP contribution in [0.25, 0.3) is 0 Å². The van der Waals surface area contributed by atoms with E-state index in [9.17, 15) is 31.6 Å². The van der Waals surface area contributed by atoms with E-state index in [0.29, 0.717) is 32.1 Å². The summed E-state index contributed by atoms with van der Waals surface area (Å²) in [6, 6.07) is 6.70. The van der Waals surface area contributed by atoms with Crippen molar-refractivity contribution in [2.24, 2.45) is 0 Å². The van der Waals surface area contributed by atoms with Gasteiger partial charge in [0, 0.05) is 19.3 Å². The van der Waals surface area contributed by atoms with Crippen LogP contribution in [0.1, 0.15) is 198 Å². The van der Waals surface area contributed by atoms with E-state index in [2.05, 4.69) is 149 Å². The molecule has 0 fully saturated rings. The van der Waals surface area contributed by atoms with Crippen molar-refractivity contribution in [2.45, 2.75) is 204 Å². The van der Waals surface area contributed by atoms with Gasteiger partial charge in [0.1, 0.15) is 0 Å². The minimum atomic E-state index is -3.65. The van der Waals surface area contributed by atoms with Gasteiger partial charge < -0.3 is 14.6 Å². The SMILES string of the molecule is COC(=O)CCC/C=C\C/C=C\C/C=C\C/C=C\CCCCCF.COC(=O)CCC/C=C\C/C=C\C/C=C\C/C=C\CCCCCOS(=O)(=O)c1ccc(C)cc1.O=C(O)CCC/C=C\C/C=C\C/C=C\C/C=C\CCCCCF. The number of aliphatic carboxylic acids is 1. The number of rotatable bonds is 48. The summed E-state index contributed by atoms with van der Waals surface area (Å²) in [6.07, 6.45) is 77.5. The maximum Gasteiger partial charge on any atom is 0.305 e. The molecule has 81 heavy (non-hydrogen) atoms. The Hall–Kier alpha value is -5.72. The standard InChI is InChI=1S/C28H40O5S.C21H33FO2.C20H31FO2/c1-26-21-23-27(24-22-26)34(30,31)33-25-19-17-15-13-11-9-7-5-3-4-6-8-10-12-14-16-18-20-28(29)32-2;1-24-21(23)19-17-15-13-11-9-7-5-3-2-4-6-8-10-12-14-16-18-20-22;21-19-17-15-13-11-9-7-5-3-1-2-4-6-8-10-12-14-16-18-20(22)23/h3,5-6,8-9,11-12,14,21-24H,4,7,10,13,15-20,25H2,1-2H3;2,4-5,7-8,10-11,13H,3,6,9,12,14-20H2,1H3;1,3-4,6-7,9-10,12H,2,5,8,11,13-19H2,(H,22,23)/b5-3-,8-6-,11-9-,14-12-;4-2-,7-5-,10-8-,13-11-;3-1-,6-4-,9-7-,12-10-. The van der Waals surface area contributed by atoms with E-state index >= 15 is 0 Å². The van der Waals surface area contributed by atoms with Crippen LogP contribution in [0, 0.1) is 6.92 Å². The van der Waals surface area contributed by atoms with E-state index in [1.54, 1.807) is 24.3 Å². The van der Waals surface area contributed by atoms with Gasteiger partial charge in [0.2, 0.25) is 0 Å². The number of hydrogen-bond acceptors (Lipinski definition) is 8. The third-order valence-electron chi connectivity index (χ3n) is 11.7. The van der Waals surface area contributed by atoms with E-state index in [-0.39, 0.29) is 43.2 Å². The van der Waals surface area contributed by atoms with Crippen LogP contribution in [0.2, 0.25) is 0 Å². The molecule has 0 atom stereocenters. The first-order valence-corrected chi connectivity index (χ1v) is 31.2. The van der Waals surface area contributed by atoms with Crippen molar-refractivity contribution in [1.82, 2.24) is 0 Å². The Balaban J connectivity index is 0. The third kappa shape index (κ3) is 63.3. The molecule has 0 spiro atoms. The Morgan fingerprint density at radius 1 is 0.395 bits per heavy atom. The van der Waals surface area contributed by atoms with Crippen LogP contribution in [-0.2, 0) is 38.2 Å². The number of carbonyl (C=O) groups excluding carboxylic acids is 2. The summed E-state index contributed by atoms with van der Waals surface area (Å²) in [5.41, 5.74) is 1.02. The molecule has 0 heterocycles. The largest absolute Gasteiger partial charge is 0.481 e. The minimum absolute atomic E-state index is 0.137. The van der Waals surface area contributed by atoms with Crippen molar-refractivity contribution >= 4 is 28.0 Å². The molecule has 0 aliphatic heterocycles. The summed E-state index contributed by atoms with van der Waals surface area (Å²) in [5, 5.41) is 8.49. The molecule has 9 nitrogen and oxygen atoms in total. The monoisotopic (exact) mass is 1150 g/mol. The highest BCUT2D eigenvalue weighted by Gasteiger charge is 2.14. The highest BCUT2D eigenvalue weighted by Crippen LogP contribution is 2.15. The Kier molecular flexibility index (Phi) is 60.6. The molecule has 0 amide bonds. The predicted octanol–water partition coefficient (Wildman–Crippen LogP) is 19.4. The van der Waals surface area contributed by atoms with Crippen molar-refractivity contribution in [3.63, 3.8) is 0 Å². The molecular formula is C69H104F2O9S. The number of aryl methyl sites for hydroxylation is 1. The maximum atomic E-state index is 12.1. The van der Waals surface area contributed by atoms with Crippen LogP contribution < -0.4 is 0 Å². The molecule has 454 valence electrons. The highest BCUT2D eigenvalue weighted by molar-refractivity contribution is 7.86. The van der Waals surface area contributed by atoms with E-state index in [4.69, 9.17) is 9.29 Å². The van der Waals surface area contributed by atoms with Crippen LogP contribution in [0.3, 0.4) is 0 Å². The van der Waals surface area contributed by atoms with E-state index in [1.165, 1.54) is 14.2 Å². The van der Waals surface area contributed by atoms with Gasteiger partial charge in [-0.15, -0.1) is 0 Å². The number of carboxylic acids is 1. The molecule has 1 aromatic carbocycles. The Bertz CT molecular complexity index is 2120. The van der Waals surface area contributed by atoms with E-state index in [0.717, 1.165) is 160 Å². The quantitative estimate of drug-likeness (QED) is 0.0293.